The van der Waals surface area contributed by atoms with E-state index in [2.05, 4.69) is 52.8 Å². The SMILES string of the molecule is CC(=O)Nc1cccc(-c2ccc3c(c2)[C@H](Nc2ccc(N(C)C)cc2)C[C@H](C)N3C(C)=O)c1. The van der Waals surface area contributed by atoms with Crippen LogP contribution in [-0.4, -0.2) is 32.0 Å². The third-order valence-corrected chi connectivity index (χ3v) is 6.26. The van der Waals surface area contributed by atoms with E-state index in [0.29, 0.717) is 0 Å². The number of fused-ring (bicyclic) bond motifs is 1. The lowest BCUT2D eigenvalue weighted by Crippen LogP contribution is -2.43. The van der Waals surface area contributed by atoms with Crippen molar-refractivity contribution in [1.82, 2.24) is 0 Å². The van der Waals surface area contributed by atoms with E-state index in [1.807, 2.05) is 55.4 Å². The minimum atomic E-state index is -0.0989. The Morgan fingerprint density at radius 2 is 1.62 bits per heavy atom. The molecule has 176 valence electrons. The average molecular weight is 457 g/mol. The van der Waals surface area contributed by atoms with Crippen molar-refractivity contribution < 1.29 is 9.59 Å². The van der Waals surface area contributed by atoms with Crippen molar-refractivity contribution in [2.75, 3.05) is 34.5 Å². The third-order valence-electron chi connectivity index (χ3n) is 6.26. The molecule has 0 unspecified atom stereocenters. The Kier molecular flexibility index (Phi) is 6.59. The predicted octanol–water partition coefficient (Wildman–Crippen LogP) is 5.68. The zero-order valence-corrected chi connectivity index (χ0v) is 20.4. The van der Waals surface area contributed by atoms with Gasteiger partial charge in [0.25, 0.3) is 0 Å². The summed E-state index contributed by atoms with van der Waals surface area (Å²) in [4.78, 5) is 28.0. The Hall–Kier alpha value is -3.80. The number of hydrogen-bond donors (Lipinski definition) is 2. The number of carbonyl (C=O) groups is 2. The van der Waals surface area contributed by atoms with Crippen LogP contribution in [0.1, 0.15) is 38.8 Å². The van der Waals surface area contributed by atoms with Gasteiger partial charge in [0.2, 0.25) is 11.8 Å². The first kappa shape index (κ1) is 23.4. The smallest absolute Gasteiger partial charge is 0.224 e. The maximum atomic E-state index is 12.5. The summed E-state index contributed by atoms with van der Waals surface area (Å²) in [5, 5.41) is 6.55. The molecular formula is C28H32N4O2. The summed E-state index contributed by atoms with van der Waals surface area (Å²) in [5.74, 6) is -0.0545. The van der Waals surface area contributed by atoms with Gasteiger partial charge in [0.1, 0.15) is 0 Å². The molecule has 0 radical (unpaired) electrons. The molecule has 0 fully saturated rings. The van der Waals surface area contributed by atoms with Crippen molar-refractivity contribution in [3.05, 3.63) is 72.3 Å². The molecule has 3 aromatic carbocycles. The number of hydrogen-bond acceptors (Lipinski definition) is 4. The molecule has 2 N–H and O–H groups in total. The number of amides is 2. The molecule has 34 heavy (non-hydrogen) atoms. The summed E-state index contributed by atoms with van der Waals surface area (Å²) in [6.07, 6.45) is 0.803. The molecule has 6 nitrogen and oxygen atoms in total. The van der Waals surface area contributed by atoms with Crippen molar-refractivity contribution in [2.24, 2.45) is 0 Å². The molecule has 2 amide bonds. The van der Waals surface area contributed by atoms with Crippen LogP contribution < -0.4 is 20.4 Å². The van der Waals surface area contributed by atoms with Gasteiger partial charge in [-0.2, -0.15) is 0 Å². The lowest BCUT2D eigenvalue weighted by atomic mass is 9.88. The van der Waals surface area contributed by atoms with Crippen molar-refractivity contribution in [1.29, 1.82) is 0 Å². The second-order valence-corrected chi connectivity index (χ2v) is 9.15. The van der Waals surface area contributed by atoms with Crippen LogP contribution in [-0.2, 0) is 9.59 Å². The molecule has 0 bridgehead atoms. The summed E-state index contributed by atoms with van der Waals surface area (Å²) in [6, 6.07) is 22.6. The first-order valence-electron chi connectivity index (χ1n) is 11.6. The van der Waals surface area contributed by atoms with E-state index >= 15 is 0 Å². The molecule has 0 aromatic heterocycles. The molecule has 0 spiro atoms. The molecule has 0 saturated carbocycles. The number of rotatable bonds is 5. The quantitative estimate of drug-likeness (QED) is 0.519. The number of carbonyl (C=O) groups excluding carboxylic acids is 2. The van der Waals surface area contributed by atoms with Gasteiger partial charge >= 0.3 is 0 Å². The van der Waals surface area contributed by atoms with Crippen LogP contribution in [0.4, 0.5) is 22.7 Å². The summed E-state index contributed by atoms with van der Waals surface area (Å²) >= 11 is 0. The van der Waals surface area contributed by atoms with Gasteiger partial charge in [-0.1, -0.05) is 18.2 Å². The standard InChI is InChI=1S/C28H32N4O2/c1-18-15-27(30-23-10-12-25(13-11-23)31(4)5)26-17-22(9-14-28(26)32(18)20(3)34)21-7-6-8-24(16-21)29-19(2)33/h6-14,16-18,27,30H,15H2,1-5H3,(H,29,33)/t18-,27+/m0/s1. The molecule has 3 aromatic rings. The maximum Gasteiger partial charge on any atom is 0.224 e. The number of anilines is 4. The highest BCUT2D eigenvalue weighted by atomic mass is 16.2. The lowest BCUT2D eigenvalue weighted by molar-refractivity contribution is -0.117. The molecule has 0 saturated heterocycles. The molecular weight excluding hydrogens is 424 g/mol. The van der Waals surface area contributed by atoms with Gasteiger partial charge in [0.05, 0.1) is 6.04 Å². The van der Waals surface area contributed by atoms with Crippen molar-refractivity contribution >= 4 is 34.6 Å². The van der Waals surface area contributed by atoms with Gasteiger partial charge in [0.15, 0.2) is 0 Å². The van der Waals surface area contributed by atoms with E-state index in [9.17, 15) is 9.59 Å². The Morgan fingerprint density at radius 3 is 2.26 bits per heavy atom. The van der Waals surface area contributed by atoms with Crippen LogP contribution in [0.3, 0.4) is 0 Å². The molecule has 1 heterocycles. The Bertz CT molecular complexity index is 1200. The predicted molar refractivity (Wildman–Crippen MR) is 141 cm³/mol. The highest BCUT2D eigenvalue weighted by Crippen LogP contribution is 2.41. The van der Waals surface area contributed by atoms with E-state index in [-0.39, 0.29) is 23.9 Å². The van der Waals surface area contributed by atoms with E-state index in [0.717, 1.165) is 45.9 Å². The Labute approximate surface area is 201 Å². The first-order chi connectivity index (χ1) is 16.2. The first-order valence-corrected chi connectivity index (χ1v) is 11.6. The van der Waals surface area contributed by atoms with E-state index < -0.39 is 0 Å². The Morgan fingerprint density at radius 1 is 0.912 bits per heavy atom. The molecule has 1 aliphatic rings. The molecule has 4 rings (SSSR count). The summed E-state index contributed by atoms with van der Waals surface area (Å²) < 4.78 is 0. The topological polar surface area (TPSA) is 64.7 Å². The second kappa shape index (κ2) is 9.59. The van der Waals surface area contributed by atoms with E-state index in [1.165, 1.54) is 6.92 Å². The summed E-state index contributed by atoms with van der Waals surface area (Å²) in [5.41, 5.74) is 7.03. The molecule has 6 heteroatoms. The van der Waals surface area contributed by atoms with Crippen LogP contribution in [0.2, 0.25) is 0 Å². The minimum Gasteiger partial charge on any atom is -0.378 e. The largest absolute Gasteiger partial charge is 0.378 e. The van der Waals surface area contributed by atoms with Gasteiger partial charge in [0, 0.05) is 56.7 Å². The number of benzene rings is 3. The number of nitrogens with zero attached hydrogens (tertiary/aromatic N) is 2. The lowest BCUT2D eigenvalue weighted by Gasteiger charge is -2.40. The fraction of sp³-hybridized carbons (Fsp3) is 0.286. The van der Waals surface area contributed by atoms with Gasteiger partial charge in [-0.25, -0.2) is 0 Å². The minimum absolute atomic E-state index is 0.0444. The van der Waals surface area contributed by atoms with E-state index in [1.54, 1.807) is 6.92 Å². The zero-order valence-electron chi connectivity index (χ0n) is 20.4. The van der Waals surface area contributed by atoms with Crippen LogP contribution in [0, 0.1) is 0 Å². The third kappa shape index (κ3) is 4.91. The van der Waals surface area contributed by atoms with Crippen molar-refractivity contribution in [3.63, 3.8) is 0 Å². The summed E-state index contributed by atoms with van der Waals surface area (Å²) in [6.45, 7) is 5.22. The van der Waals surface area contributed by atoms with Gasteiger partial charge in [-0.15, -0.1) is 0 Å². The number of nitrogens with one attached hydrogen (secondary N) is 2. The fourth-order valence-corrected chi connectivity index (χ4v) is 4.70. The van der Waals surface area contributed by atoms with Gasteiger partial charge in [-0.05, 0) is 78.6 Å². The fourth-order valence-electron chi connectivity index (χ4n) is 4.70. The summed E-state index contributed by atoms with van der Waals surface area (Å²) in [7, 11) is 4.06. The van der Waals surface area contributed by atoms with E-state index in [4.69, 9.17) is 0 Å². The van der Waals surface area contributed by atoms with Crippen LogP contribution in [0.15, 0.2) is 66.7 Å². The van der Waals surface area contributed by atoms with Gasteiger partial charge in [-0.3, -0.25) is 9.59 Å². The maximum absolute atomic E-state index is 12.5. The normalized spacial score (nSPS) is 17.0. The Balaban J connectivity index is 1.72. The highest BCUT2D eigenvalue weighted by Gasteiger charge is 2.32. The van der Waals surface area contributed by atoms with Crippen LogP contribution in [0.5, 0.6) is 0 Å². The van der Waals surface area contributed by atoms with Gasteiger partial charge < -0.3 is 20.4 Å². The van der Waals surface area contributed by atoms with Crippen molar-refractivity contribution in [3.8, 4) is 11.1 Å². The van der Waals surface area contributed by atoms with Crippen LogP contribution >= 0.6 is 0 Å². The average Bonchev–Trinajstić information content (AvgIpc) is 2.78. The second-order valence-electron chi connectivity index (χ2n) is 9.15. The van der Waals surface area contributed by atoms with Crippen LogP contribution in [0.25, 0.3) is 11.1 Å². The molecule has 1 aliphatic heterocycles. The molecule has 2 atom stereocenters. The molecule has 0 aliphatic carbocycles. The highest BCUT2D eigenvalue weighted by molar-refractivity contribution is 5.94. The zero-order chi connectivity index (χ0) is 24.4. The monoisotopic (exact) mass is 456 g/mol. The van der Waals surface area contributed by atoms with Crippen molar-refractivity contribution in [2.45, 2.75) is 39.3 Å².